The Balaban J connectivity index is 1.38. The summed E-state index contributed by atoms with van der Waals surface area (Å²) in [6, 6.07) is 39.3. The third-order valence-corrected chi connectivity index (χ3v) is 11.1. The summed E-state index contributed by atoms with van der Waals surface area (Å²) < 4.78 is 0. The van der Waals surface area contributed by atoms with Crippen LogP contribution in [-0.2, 0) is 0 Å². The molecule has 2 N–H and O–H groups in total. The molecule has 0 radical (unpaired) electrons. The second-order valence-corrected chi connectivity index (χ2v) is 14.1. The largest absolute Gasteiger partial charge is 0.506 e. The van der Waals surface area contributed by atoms with Gasteiger partial charge in [-0.15, -0.1) is 0 Å². The summed E-state index contributed by atoms with van der Waals surface area (Å²) in [5.74, 6) is -0.588. The van der Waals surface area contributed by atoms with Crippen LogP contribution in [0.5, 0.6) is 5.75 Å². The van der Waals surface area contributed by atoms with Crippen molar-refractivity contribution in [3.8, 4) is 5.75 Å². The number of hydrogen-bond acceptors (Lipinski definition) is 7. The minimum Gasteiger partial charge on any atom is -0.506 e. The number of carbonyl (C=O) groups excluding carboxylic acids is 2. The summed E-state index contributed by atoms with van der Waals surface area (Å²) >= 11 is 1.05. The fourth-order valence-electron chi connectivity index (χ4n) is 7.27. The average molecular weight is 736 g/mol. The lowest BCUT2D eigenvalue weighted by molar-refractivity contribution is 0.102. The van der Waals surface area contributed by atoms with Crippen LogP contribution in [0.2, 0.25) is 0 Å². The van der Waals surface area contributed by atoms with Gasteiger partial charge in [0.05, 0.1) is 28.3 Å². The van der Waals surface area contributed by atoms with Crippen LogP contribution in [0.3, 0.4) is 0 Å². The second kappa shape index (κ2) is 15.6. The molecule has 274 valence electrons. The van der Waals surface area contributed by atoms with Gasteiger partial charge in [-0.3, -0.25) is 14.5 Å². The fourth-order valence-corrected chi connectivity index (χ4v) is 8.21. The Morgan fingerprint density at radius 1 is 0.648 bits per heavy atom. The fraction of sp³-hybridized carbons (Fsp3) is 0.200. The van der Waals surface area contributed by atoms with E-state index in [0.717, 1.165) is 83.3 Å². The van der Waals surface area contributed by atoms with Gasteiger partial charge in [0.2, 0.25) is 0 Å². The Hall–Kier alpha value is -5.93. The van der Waals surface area contributed by atoms with Gasteiger partial charge in [-0.05, 0) is 118 Å². The smallest absolute Gasteiger partial charge is 0.295 e. The summed E-state index contributed by atoms with van der Waals surface area (Å²) in [6.45, 7) is 13.9. The number of hydrogen-bond donors (Lipinski definition) is 2. The number of benzene rings is 6. The van der Waals surface area contributed by atoms with E-state index in [1.807, 2.05) is 79.7 Å². The highest BCUT2D eigenvalue weighted by Crippen LogP contribution is 2.54. The van der Waals surface area contributed by atoms with Crippen molar-refractivity contribution in [3.05, 3.63) is 132 Å². The van der Waals surface area contributed by atoms with Gasteiger partial charge < -0.3 is 25.1 Å². The summed E-state index contributed by atoms with van der Waals surface area (Å²) in [5.41, 5.74) is 8.03. The number of fused-ring (bicyclic) bond motifs is 3. The lowest BCUT2D eigenvalue weighted by Crippen LogP contribution is -2.31. The molecule has 0 saturated heterocycles. The lowest BCUT2D eigenvalue weighted by Gasteiger charge is -2.40. The number of nitrogens with zero attached hydrogens (tertiary/aromatic N) is 4. The molecule has 54 heavy (non-hydrogen) atoms. The van der Waals surface area contributed by atoms with Crippen molar-refractivity contribution in [1.82, 2.24) is 0 Å². The molecule has 8 nitrogen and oxygen atoms in total. The van der Waals surface area contributed by atoms with Crippen molar-refractivity contribution in [2.24, 2.45) is 0 Å². The van der Waals surface area contributed by atoms with E-state index in [-0.39, 0.29) is 16.6 Å². The normalized spacial score (nSPS) is 11.9. The number of para-hydroxylation sites is 2. The van der Waals surface area contributed by atoms with E-state index in [1.165, 1.54) is 0 Å². The molecule has 6 aromatic carbocycles. The first-order valence-electron chi connectivity index (χ1n) is 18.5. The van der Waals surface area contributed by atoms with Gasteiger partial charge in [0, 0.05) is 59.2 Å². The number of carbonyl (C=O) groups is 2. The summed E-state index contributed by atoms with van der Waals surface area (Å²) in [5, 5.41) is 15.3. The highest BCUT2D eigenvalue weighted by Gasteiger charge is 2.35. The molecule has 1 aliphatic heterocycles. The molecule has 1 aliphatic rings. The van der Waals surface area contributed by atoms with Crippen molar-refractivity contribution in [2.75, 3.05) is 51.1 Å². The van der Waals surface area contributed by atoms with E-state index in [1.54, 1.807) is 17.0 Å². The van der Waals surface area contributed by atoms with E-state index in [4.69, 9.17) is 0 Å². The van der Waals surface area contributed by atoms with Crippen LogP contribution in [0.1, 0.15) is 43.6 Å². The second-order valence-electron chi connectivity index (χ2n) is 13.2. The predicted molar refractivity (Wildman–Crippen MR) is 226 cm³/mol. The Labute approximate surface area is 321 Å². The molecule has 0 saturated carbocycles. The highest BCUT2D eigenvalue weighted by molar-refractivity contribution is 8.14. The van der Waals surface area contributed by atoms with E-state index in [2.05, 4.69) is 84.1 Å². The number of thioether (sulfide) groups is 1. The number of phenolic OH excluding ortho intramolecular Hbond substituents is 1. The standard InChI is InChI=1S/C45H45N5O3S/c1-6-47(7-2)32-23-25-38-40(27-32)49(31-18-11-10-12-19-31)41-28-33(48(8-3)9-4)24-26-39(41)50(38)45(53)54-42-29-36(43(51)35-21-15-14-20-34(35)42)44(52)46-37-22-16-13-17-30(37)5/h10-29,51H,6-9H2,1-5H3,(H,46,52). The zero-order valence-corrected chi connectivity index (χ0v) is 32.2. The molecule has 0 bridgehead atoms. The van der Waals surface area contributed by atoms with Crippen LogP contribution in [0.25, 0.3) is 10.8 Å². The quantitative estimate of drug-likeness (QED) is 0.136. The van der Waals surface area contributed by atoms with Crippen molar-refractivity contribution in [1.29, 1.82) is 0 Å². The Kier molecular flexibility index (Phi) is 10.5. The molecule has 7 rings (SSSR count). The van der Waals surface area contributed by atoms with Gasteiger partial charge in [0.1, 0.15) is 5.75 Å². The number of rotatable bonds is 10. The summed E-state index contributed by atoms with van der Waals surface area (Å²) in [7, 11) is 0. The first kappa shape index (κ1) is 36.4. The number of nitrogens with one attached hydrogen (secondary N) is 1. The Morgan fingerprint density at radius 3 is 1.76 bits per heavy atom. The molecule has 0 unspecified atom stereocenters. The molecule has 0 aliphatic carbocycles. The zero-order valence-electron chi connectivity index (χ0n) is 31.3. The van der Waals surface area contributed by atoms with Crippen LogP contribution in [0.15, 0.2) is 126 Å². The lowest BCUT2D eigenvalue weighted by atomic mass is 10.0. The topological polar surface area (TPSA) is 79.4 Å². The van der Waals surface area contributed by atoms with E-state index < -0.39 is 5.91 Å². The van der Waals surface area contributed by atoms with Crippen molar-refractivity contribution < 1.29 is 14.7 Å². The van der Waals surface area contributed by atoms with Crippen LogP contribution < -0.4 is 24.9 Å². The van der Waals surface area contributed by atoms with Gasteiger partial charge in [-0.1, -0.05) is 60.7 Å². The van der Waals surface area contributed by atoms with E-state index in [9.17, 15) is 9.90 Å². The maximum Gasteiger partial charge on any atom is 0.295 e. The highest BCUT2D eigenvalue weighted by atomic mass is 32.2. The maximum absolute atomic E-state index is 15.0. The molecule has 0 atom stereocenters. The molecule has 0 aromatic heterocycles. The monoisotopic (exact) mass is 735 g/mol. The van der Waals surface area contributed by atoms with Gasteiger partial charge in [-0.2, -0.15) is 0 Å². The molecule has 2 amide bonds. The number of aryl methyl sites for hydroxylation is 1. The first-order valence-corrected chi connectivity index (χ1v) is 19.4. The Bertz CT molecular complexity index is 2280. The molecular formula is C45H45N5O3S. The van der Waals surface area contributed by atoms with Gasteiger partial charge in [0.25, 0.3) is 11.1 Å². The van der Waals surface area contributed by atoms with Gasteiger partial charge >= 0.3 is 0 Å². The van der Waals surface area contributed by atoms with Crippen molar-refractivity contribution in [3.63, 3.8) is 0 Å². The minimum atomic E-state index is -0.457. The summed E-state index contributed by atoms with van der Waals surface area (Å²) in [4.78, 5) is 38.0. The number of phenols is 1. The maximum atomic E-state index is 15.0. The third-order valence-electron chi connectivity index (χ3n) is 10.1. The number of anilines is 8. The van der Waals surface area contributed by atoms with E-state index in [0.29, 0.717) is 21.4 Å². The molecule has 9 heteroatoms. The minimum absolute atomic E-state index is 0.0923. The number of aromatic hydroxyl groups is 1. The molecular weight excluding hydrogens is 691 g/mol. The van der Waals surface area contributed by atoms with Crippen LogP contribution >= 0.6 is 11.8 Å². The first-order chi connectivity index (χ1) is 26.3. The molecule has 0 spiro atoms. The molecule has 0 fully saturated rings. The van der Waals surface area contributed by atoms with Gasteiger partial charge in [0.15, 0.2) is 0 Å². The molecule has 1 heterocycles. The number of amides is 2. The Morgan fingerprint density at radius 2 is 1.19 bits per heavy atom. The average Bonchev–Trinajstić information content (AvgIpc) is 3.20. The van der Waals surface area contributed by atoms with E-state index >= 15 is 4.79 Å². The summed E-state index contributed by atoms with van der Waals surface area (Å²) in [6.07, 6.45) is 0. The van der Waals surface area contributed by atoms with Crippen LogP contribution in [0, 0.1) is 6.92 Å². The van der Waals surface area contributed by atoms with Crippen molar-refractivity contribution >= 4 is 79.2 Å². The molecule has 6 aromatic rings. The van der Waals surface area contributed by atoms with Gasteiger partial charge in [-0.25, -0.2) is 0 Å². The third kappa shape index (κ3) is 6.71. The zero-order chi connectivity index (χ0) is 37.9. The SMILES string of the molecule is CCN(CC)c1ccc2c(c1)N(c1ccccc1)c1cc(N(CC)CC)ccc1N2C(=O)Sc1cc(C(=O)Nc2ccccc2C)c(O)c2ccccc12. The van der Waals surface area contributed by atoms with Crippen molar-refractivity contribution in [2.45, 2.75) is 39.5 Å². The van der Waals surface area contributed by atoms with Crippen LogP contribution in [-0.4, -0.2) is 42.4 Å². The predicted octanol–water partition coefficient (Wildman–Crippen LogP) is 11.6. The van der Waals surface area contributed by atoms with Crippen LogP contribution in [0.4, 0.5) is 50.3 Å².